The van der Waals surface area contributed by atoms with Gasteiger partial charge in [0.25, 0.3) is 10.0 Å². The summed E-state index contributed by atoms with van der Waals surface area (Å²) in [4.78, 5) is 0.138. The van der Waals surface area contributed by atoms with Crippen LogP contribution in [0.15, 0.2) is 51.9 Å². The molecule has 0 fully saturated rings. The smallest absolute Gasteiger partial charge is 0.268 e. The molecule has 140 valence electrons. The van der Waals surface area contributed by atoms with E-state index in [1.165, 1.54) is 11.4 Å². The van der Waals surface area contributed by atoms with Crippen LogP contribution in [-0.4, -0.2) is 27.2 Å². The van der Waals surface area contributed by atoms with Gasteiger partial charge in [0.15, 0.2) is 0 Å². The molecule has 1 aliphatic heterocycles. The van der Waals surface area contributed by atoms with E-state index in [0.29, 0.717) is 30.2 Å². The fraction of sp³-hybridized carbons (Fsp3) is 0.250. The molecule has 0 bridgehead atoms. The standard InChI is InChI=1S/C20H20N2O4S/c1-13-20(14(2)26-21-13)16-8-9-18(25-3)19(12-16)27(23,24)22-11-10-15-6-4-5-7-17(15)22/h4-9,12H,10-11H2,1-3H3. The molecule has 4 rings (SSSR count). The molecule has 1 aromatic heterocycles. The third-order valence-corrected chi connectivity index (χ3v) is 6.73. The highest BCUT2D eigenvalue weighted by molar-refractivity contribution is 7.93. The van der Waals surface area contributed by atoms with E-state index in [4.69, 9.17) is 9.26 Å². The molecular formula is C20H20N2O4S. The Bertz CT molecular complexity index is 1100. The van der Waals surface area contributed by atoms with Crippen molar-refractivity contribution in [2.75, 3.05) is 18.0 Å². The van der Waals surface area contributed by atoms with Crippen LogP contribution < -0.4 is 9.04 Å². The summed E-state index contributed by atoms with van der Waals surface area (Å²) in [5.74, 6) is 0.961. The summed E-state index contributed by atoms with van der Waals surface area (Å²) in [5.41, 5.74) is 4.01. The first-order chi connectivity index (χ1) is 12.9. The van der Waals surface area contributed by atoms with Gasteiger partial charge >= 0.3 is 0 Å². The average molecular weight is 384 g/mol. The predicted molar refractivity (Wildman–Crippen MR) is 103 cm³/mol. The van der Waals surface area contributed by atoms with Crippen LogP contribution in [0.5, 0.6) is 5.75 Å². The Morgan fingerprint density at radius 3 is 2.63 bits per heavy atom. The fourth-order valence-electron chi connectivity index (χ4n) is 3.61. The van der Waals surface area contributed by atoms with Crippen molar-refractivity contribution in [1.82, 2.24) is 5.16 Å². The second kappa shape index (κ2) is 6.42. The van der Waals surface area contributed by atoms with E-state index in [9.17, 15) is 8.42 Å². The van der Waals surface area contributed by atoms with Crippen LogP contribution in [-0.2, 0) is 16.4 Å². The molecule has 0 atom stereocenters. The number of sulfonamides is 1. The zero-order valence-electron chi connectivity index (χ0n) is 15.4. The van der Waals surface area contributed by atoms with Gasteiger partial charge in [0.1, 0.15) is 16.4 Å². The summed E-state index contributed by atoms with van der Waals surface area (Å²) in [6, 6.07) is 12.7. The minimum atomic E-state index is -3.78. The lowest BCUT2D eigenvalue weighted by Crippen LogP contribution is -2.29. The van der Waals surface area contributed by atoms with E-state index in [-0.39, 0.29) is 4.90 Å². The molecule has 0 amide bonds. The Hall–Kier alpha value is -2.80. The number of para-hydroxylation sites is 1. The van der Waals surface area contributed by atoms with E-state index in [0.717, 1.165) is 22.4 Å². The molecule has 0 saturated heterocycles. The van der Waals surface area contributed by atoms with E-state index < -0.39 is 10.0 Å². The molecule has 0 radical (unpaired) electrons. The van der Waals surface area contributed by atoms with E-state index in [1.54, 1.807) is 12.1 Å². The normalized spacial score (nSPS) is 13.7. The summed E-state index contributed by atoms with van der Waals surface area (Å²) in [7, 11) is -2.30. The molecule has 0 spiro atoms. The van der Waals surface area contributed by atoms with Gasteiger partial charge in [0.2, 0.25) is 0 Å². The number of anilines is 1. The average Bonchev–Trinajstić information content (AvgIpc) is 3.25. The molecule has 2 aromatic carbocycles. The van der Waals surface area contributed by atoms with Gasteiger partial charge in [0, 0.05) is 12.1 Å². The van der Waals surface area contributed by atoms with Crippen LogP contribution >= 0.6 is 0 Å². The fourth-order valence-corrected chi connectivity index (χ4v) is 5.29. The minimum Gasteiger partial charge on any atom is -0.495 e. The minimum absolute atomic E-state index is 0.138. The number of rotatable bonds is 4. The van der Waals surface area contributed by atoms with E-state index in [1.807, 2.05) is 44.2 Å². The Kier molecular flexibility index (Phi) is 4.19. The summed E-state index contributed by atoms with van der Waals surface area (Å²) < 4.78 is 39.0. The third kappa shape index (κ3) is 2.78. The lowest BCUT2D eigenvalue weighted by molar-refractivity contribution is 0.393. The maximum Gasteiger partial charge on any atom is 0.268 e. The van der Waals surface area contributed by atoms with Gasteiger partial charge in [0.05, 0.1) is 18.5 Å². The van der Waals surface area contributed by atoms with Crippen molar-refractivity contribution in [3.8, 4) is 16.9 Å². The van der Waals surface area contributed by atoms with Crippen molar-refractivity contribution in [3.05, 3.63) is 59.5 Å². The van der Waals surface area contributed by atoms with Crippen molar-refractivity contribution < 1.29 is 17.7 Å². The number of aryl methyl sites for hydroxylation is 2. The first-order valence-electron chi connectivity index (χ1n) is 8.65. The first-order valence-corrected chi connectivity index (χ1v) is 10.1. The Balaban J connectivity index is 1.87. The first kappa shape index (κ1) is 17.6. The molecule has 7 heteroatoms. The summed E-state index contributed by atoms with van der Waals surface area (Å²) in [6.45, 7) is 4.06. The highest BCUT2D eigenvalue weighted by Crippen LogP contribution is 2.38. The van der Waals surface area contributed by atoms with Crippen molar-refractivity contribution >= 4 is 15.7 Å². The molecule has 2 heterocycles. The highest BCUT2D eigenvalue weighted by atomic mass is 32.2. The lowest BCUT2D eigenvalue weighted by atomic mass is 10.0. The summed E-state index contributed by atoms with van der Waals surface area (Å²) in [5, 5.41) is 3.97. The topological polar surface area (TPSA) is 72.6 Å². The van der Waals surface area contributed by atoms with Crippen molar-refractivity contribution in [2.24, 2.45) is 0 Å². The molecule has 3 aromatic rings. The third-order valence-electron chi connectivity index (χ3n) is 4.90. The van der Waals surface area contributed by atoms with Gasteiger partial charge in [-0.1, -0.05) is 29.4 Å². The highest BCUT2D eigenvalue weighted by Gasteiger charge is 2.33. The Morgan fingerprint density at radius 2 is 1.93 bits per heavy atom. The molecule has 27 heavy (non-hydrogen) atoms. The van der Waals surface area contributed by atoms with Gasteiger partial charge in [-0.2, -0.15) is 0 Å². The number of benzene rings is 2. The molecule has 0 unspecified atom stereocenters. The maximum atomic E-state index is 13.5. The number of nitrogens with zero attached hydrogens (tertiary/aromatic N) is 2. The van der Waals surface area contributed by atoms with Gasteiger partial charge in [-0.25, -0.2) is 8.42 Å². The number of ether oxygens (including phenoxy) is 1. The SMILES string of the molecule is COc1ccc(-c2c(C)noc2C)cc1S(=O)(=O)N1CCc2ccccc21. The maximum absolute atomic E-state index is 13.5. The van der Waals surface area contributed by atoms with Crippen molar-refractivity contribution in [2.45, 2.75) is 25.2 Å². The number of hydrogen-bond acceptors (Lipinski definition) is 5. The second-order valence-electron chi connectivity index (χ2n) is 6.52. The molecular weight excluding hydrogens is 364 g/mol. The van der Waals surface area contributed by atoms with Crippen LogP contribution in [0.2, 0.25) is 0 Å². The van der Waals surface area contributed by atoms with Gasteiger partial charge in [-0.05, 0) is 49.6 Å². The number of aromatic nitrogens is 1. The van der Waals surface area contributed by atoms with Crippen LogP contribution in [0, 0.1) is 13.8 Å². The molecule has 6 nitrogen and oxygen atoms in total. The lowest BCUT2D eigenvalue weighted by Gasteiger charge is -2.21. The second-order valence-corrected chi connectivity index (χ2v) is 8.35. The van der Waals surface area contributed by atoms with Crippen LogP contribution in [0.25, 0.3) is 11.1 Å². The summed E-state index contributed by atoms with van der Waals surface area (Å²) in [6.07, 6.45) is 0.696. The monoisotopic (exact) mass is 384 g/mol. The van der Waals surface area contributed by atoms with Crippen LogP contribution in [0.4, 0.5) is 5.69 Å². The molecule has 1 aliphatic rings. The molecule has 0 saturated carbocycles. The predicted octanol–water partition coefficient (Wildman–Crippen LogP) is 3.72. The summed E-state index contributed by atoms with van der Waals surface area (Å²) >= 11 is 0. The van der Waals surface area contributed by atoms with E-state index >= 15 is 0 Å². The number of fused-ring (bicyclic) bond motifs is 1. The van der Waals surface area contributed by atoms with Crippen LogP contribution in [0.3, 0.4) is 0 Å². The van der Waals surface area contributed by atoms with Crippen molar-refractivity contribution in [3.63, 3.8) is 0 Å². The van der Waals surface area contributed by atoms with E-state index in [2.05, 4.69) is 5.16 Å². The quantitative estimate of drug-likeness (QED) is 0.685. The number of hydrogen-bond donors (Lipinski definition) is 0. The molecule has 0 N–H and O–H groups in total. The van der Waals surface area contributed by atoms with Crippen LogP contribution in [0.1, 0.15) is 17.0 Å². The van der Waals surface area contributed by atoms with Gasteiger partial charge in [-0.15, -0.1) is 0 Å². The number of methoxy groups -OCH3 is 1. The zero-order valence-corrected chi connectivity index (χ0v) is 16.2. The Morgan fingerprint density at radius 1 is 1.15 bits per heavy atom. The van der Waals surface area contributed by atoms with Gasteiger partial charge in [-0.3, -0.25) is 4.31 Å². The van der Waals surface area contributed by atoms with Gasteiger partial charge < -0.3 is 9.26 Å². The molecule has 0 aliphatic carbocycles. The Labute approximate surface area is 158 Å². The zero-order chi connectivity index (χ0) is 19.2. The van der Waals surface area contributed by atoms with Crippen molar-refractivity contribution in [1.29, 1.82) is 0 Å². The largest absolute Gasteiger partial charge is 0.495 e.